The first-order valence-electron chi connectivity index (χ1n) is 4.91. The molecule has 2 unspecified atom stereocenters. The van der Waals surface area contributed by atoms with Crippen molar-refractivity contribution in [3.05, 3.63) is 35.9 Å². The van der Waals surface area contributed by atoms with Gasteiger partial charge in [-0.25, -0.2) is 0 Å². The van der Waals surface area contributed by atoms with Crippen LogP contribution in [-0.2, 0) is 0 Å². The van der Waals surface area contributed by atoms with Crippen LogP contribution in [0, 0.1) is 11.8 Å². The lowest BCUT2D eigenvalue weighted by molar-refractivity contribution is 0.419. The van der Waals surface area contributed by atoms with Gasteiger partial charge < -0.3 is 0 Å². The van der Waals surface area contributed by atoms with Crippen LogP contribution >= 0.6 is 34.2 Å². The topological polar surface area (TPSA) is 0 Å². The van der Waals surface area contributed by atoms with Crippen LogP contribution in [0.3, 0.4) is 0 Å². The molecule has 0 nitrogen and oxygen atoms in total. The number of rotatable bonds is 4. The zero-order valence-electron chi connectivity index (χ0n) is 8.58. The van der Waals surface area contributed by atoms with Crippen molar-refractivity contribution in [3.63, 3.8) is 0 Å². The maximum Gasteiger partial charge on any atom is 0.0623 e. The highest BCUT2D eigenvalue weighted by atomic mass is 127. The molecule has 78 valence electrons. The zero-order chi connectivity index (χ0) is 10.6. The molecule has 14 heavy (non-hydrogen) atoms. The van der Waals surface area contributed by atoms with Gasteiger partial charge in [0.05, 0.1) is 5.38 Å². The van der Waals surface area contributed by atoms with Gasteiger partial charge in [-0.3, -0.25) is 0 Å². The van der Waals surface area contributed by atoms with Crippen molar-refractivity contribution in [1.82, 2.24) is 0 Å². The van der Waals surface area contributed by atoms with Crippen molar-refractivity contribution >= 4 is 34.2 Å². The molecule has 0 aliphatic rings. The number of halogens is 2. The molecule has 0 N–H and O–H groups in total. The van der Waals surface area contributed by atoms with E-state index in [0.717, 1.165) is 4.43 Å². The van der Waals surface area contributed by atoms with E-state index in [0.29, 0.717) is 11.8 Å². The van der Waals surface area contributed by atoms with E-state index in [1.807, 2.05) is 6.07 Å². The Hall–Kier alpha value is 0.240. The monoisotopic (exact) mass is 322 g/mol. The van der Waals surface area contributed by atoms with Crippen LogP contribution in [-0.4, -0.2) is 4.43 Å². The first-order valence-corrected chi connectivity index (χ1v) is 6.88. The normalized spacial score (nSPS) is 15.5. The standard InChI is InChI=1S/C12H16ClI/c1-9(2)11(8-14)12(13)10-6-4-3-5-7-10/h3-7,9,11-12H,8H2,1-2H3. The van der Waals surface area contributed by atoms with Gasteiger partial charge in [0.25, 0.3) is 0 Å². The number of benzene rings is 1. The average Bonchev–Trinajstić information content (AvgIpc) is 2.19. The van der Waals surface area contributed by atoms with E-state index in [-0.39, 0.29) is 5.38 Å². The molecule has 1 aromatic carbocycles. The number of alkyl halides is 2. The molecule has 1 aromatic rings. The van der Waals surface area contributed by atoms with Gasteiger partial charge in [0.15, 0.2) is 0 Å². The molecule has 0 bridgehead atoms. The van der Waals surface area contributed by atoms with Gasteiger partial charge in [-0.1, -0.05) is 66.8 Å². The molecule has 0 heterocycles. The summed E-state index contributed by atoms with van der Waals surface area (Å²) in [7, 11) is 0. The van der Waals surface area contributed by atoms with E-state index >= 15 is 0 Å². The Balaban J connectivity index is 2.78. The average molecular weight is 323 g/mol. The van der Waals surface area contributed by atoms with Crippen molar-refractivity contribution in [2.24, 2.45) is 11.8 Å². The number of hydrogen-bond acceptors (Lipinski definition) is 0. The Morgan fingerprint density at radius 3 is 2.21 bits per heavy atom. The molecule has 1 rings (SSSR count). The molecule has 0 radical (unpaired) electrons. The summed E-state index contributed by atoms with van der Waals surface area (Å²) in [5, 5.41) is 0.146. The molecule has 0 aliphatic carbocycles. The fraction of sp³-hybridized carbons (Fsp3) is 0.500. The summed E-state index contributed by atoms with van der Waals surface area (Å²) in [5.41, 5.74) is 1.24. The third-order valence-electron chi connectivity index (χ3n) is 2.53. The van der Waals surface area contributed by atoms with E-state index in [9.17, 15) is 0 Å². The van der Waals surface area contributed by atoms with Crippen LogP contribution < -0.4 is 0 Å². The molecule has 0 saturated carbocycles. The summed E-state index contributed by atoms with van der Waals surface area (Å²) >= 11 is 8.88. The van der Waals surface area contributed by atoms with Gasteiger partial charge in [0, 0.05) is 4.43 Å². The van der Waals surface area contributed by atoms with Crippen molar-refractivity contribution in [2.45, 2.75) is 19.2 Å². The summed E-state index contributed by atoms with van der Waals surface area (Å²) < 4.78 is 1.11. The van der Waals surface area contributed by atoms with Crippen molar-refractivity contribution in [3.8, 4) is 0 Å². The minimum Gasteiger partial charge on any atom is -0.117 e. The predicted octanol–water partition coefficient (Wildman–Crippen LogP) is 4.67. The fourth-order valence-corrected chi connectivity index (χ4v) is 3.83. The molecule has 0 amide bonds. The molecule has 2 atom stereocenters. The lowest BCUT2D eigenvalue weighted by atomic mass is 9.90. The predicted molar refractivity (Wildman–Crippen MR) is 72.3 cm³/mol. The summed E-state index contributed by atoms with van der Waals surface area (Å²) in [6.45, 7) is 4.48. The lowest BCUT2D eigenvalue weighted by Crippen LogP contribution is -2.16. The Bertz CT molecular complexity index is 258. The Kier molecular flexibility index (Phi) is 5.24. The molecule has 0 aliphatic heterocycles. The van der Waals surface area contributed by atoms with E-state index in [2.05, 4.69) is 60.7 Å². The quantitative estimate of drug-likeness (QED) is 0.558. The first kappa shape index (κ1) is 12.3. The third kappa shape index (κ3) is 3.13. The van der Waals surface area contributed by atoms with Gasteiger partial charge in [-0.05, 0) is 17.4 Å². The van der Waals surface area contributed by atoms with Gasteiger partial charge >= 0.3 is 0 Å². The van der Waals surface area contributed by atoms with Crippen LogP contribution in [0.4, 0.5) is 0 Å². The summed E-state index contributed by atoms with van der Waals surface area (Å²) in [5.74, 6) is 1.19. The highest BCUT2D eigenvalue weighted by Gasteiger charge is 2.22. The van der Waals surface area contributed by atoms with Crippen LogP contribution in [0.15, 0.2) is 30.3 Å². The first-order chi connectivity index (χ1) is 6.66. The Morgan fingerprint density at radius 2 is 1.79 bits per heavy atom. The van der Waals surface area contributed by atoms with Crippen LogP contribution in [0.25, 0.3) is 0 Å². The summed E-state index contributed by atoms with van der Waals surface area (Å²) in [4.78, 5) is 0. The summed E-state index contributed by atoms with van der Waals surface area (Å²) in [6, 6.07) is 10.4. The molecule has 0 aromatic heterocycles. The number of hydrogen-bond donors (Lipinski definition) is 0. The van der Waals surface area contributed by atoms with Gasteiger partial charge in [-0.2, -0.15) is 0 Å². The van der Waals surface area contributed by atoms with E-state index < -0.39 is 0 Å². The highest BCUT2D eigenvalue weighted by molar-refractivity contribution is 14.1. The van der Waals surface area contributed by atoms with Crippen LogP contribution in [0.5, 0.6) is 0 Å². The Morgan fingerprint density at radius 1 is 1.21 bits per heavy atom. The van der Waals surface area contributed by atoms with Crippen molar-refractivity contribution in [2.75, 3.05) is 4.43 Å². The SMILES string of the molecule is CC(C)C(CI)C(Cl)c1ccccc1. The van der Waals surface area contributed by atoms with Crippen molar-refractivity contribution < 1.29 is 0 Å². The molecular weight excluding hydrogens is 306 g/mol. The van der Waals surface area contributed by atoms with E-state index in [1.165, 1.54) is 5.56 Å². The third-order valence-corrected chi connectivity index (χ3v) is 4.12. The molecule has 2 heteroatoms. The van der Waals surface area contributed by atoms with Crippen molar-refractivity contribution in [1.29, 1.82) is 0 Å². The Labute approximate surface area is 105 Å². The largest absolute Gasteiger partial charge is 0.117 e. The lowest BCUT2D eigenvalue weighted by Gasteiger charge is -2.24. The van der Waals surface area contributed by atoms with Gasteiger partial charge in [0.1, 0.15) is 0 Å². The maximum absolute atomic E-state index is 6.46. The van der Waals surface area contributed by atoms with Crippen LogP contribution in [0.2, 0.25) is 0 Å². The minimum atomic E-state index is 0.146. The van der Waals surface area contributed by atoms with Gasteiger partial charge in [-0.15, -0.1) is 11.6 Å². The smallest absolute Gasteiger partial charge is 0.0623 e. The van der Waals surface area contributed by atoms with E-state index in [1.54, 1.807) is 0 Å². The fourth-order valence-electron chi connectivity index (χ4n) is 1.48. The van der Waals surface area contributed by atoms with Crippen LogP contribution in [0.1, 0.15) is 24.8 Å². The second-order valence-corrected chi connectivity index (χ2v) is 5.23. The zero-order valence-corrected chi connectivity index (χ0v) is 11.5. The molecule has 0 fully saturated rings. The highest BCUT2D eigenvalue weighted by Crippen LogP contribution is 2.34. The molecular formula is C12H16ClI. The second kappa shape index (κ2) is 5.96. The van der Waals surface area contributed by atoms with E-state index in [4.69, 9.17) is 11.6 Å². The van der Waals surface area contributed by atoms with Gasteiger partial charge in [0.2, 0.25) is 0 Å². The summed E-state index contributed by atoms with van der Waals surface area (Å²) in [6.07, 6.45) is 0. The minimum absolute atomic E-state index is 0.146. The maximum atomic E-state index is 6.46. The molecule has 0 spiro atoms. The molecule has 0 saturated heterocycles. The second-order valence-electron chi connectivity index (χ2n) is 3.87.